The Bertz CT molecular complexity index is 212. The van der Waals surface area contributed by atoms with E-state index in [9.17, 15) is 0 Å². The summed E-state index contributed by atoms with van der Waals surface area (Å²) in [5.41, 5.74) is 2.24. The Balaban J connectivity index is 3.06. The van der Waals surface area contributed by atoms with Crippen LogP contribution in [-0.4, -0.2) is 5.21 Å². The summed E-state index contributed by atoms with van der Waals surface area (Å²) in [7, 11) is 0. The lowest BCUT2D eigenvalue weighted by Gasteiger charge is -1.92. The maximum Gasteiger partial charge on any atom is 0.225 e. The molecule has 0 bridgehead atoms. The molecule has 2 heteroatoms. The van der Waals surface area contributed by atoms with E-state index >= 15 is 0 Å². The first-order valence-electron chi connectivity index (χ1n) is 3.43. The van der Waals surface area contributed by atoms with Crippen molar-refractivity contribution in [2.45, 2.75) is 20.3 Å². The number of pyridine rings is 1. The summed E-state index contributed by atoms with van der Waals surface area (Å²) in [4.78, 5) is 0. The smallest absolute Gasteiger partial charge is 0.225 e. The van der Waals surface area contributed by atoms with E-state index < -0.39 is 0 Å². The number of nitrogens with zero attached hydrogens (tertiary/aromatic N) is 1. The summed E-state index contributed by atoms with van der Waals surface area (Å²) in [5.74, 6) is 0. The second-order valence-electron chi connectivity index (χ2n) is 2.46. The number of aryl methyl sites for hydroxylation is 2. The topological polar surface area (TPSA) is 24.1 Å². The molecule has 1 rings (SSSR count). The van der Waals surface area contributed by atoms with Gasteiger partial charge >= 0.3 is 0 Å². The zero-order chi connectivity index (χ0) is 7.56. The van der Waals surface area contributed by atoms with Gasteiger partial charge in [0.25, 0.3) is 0 Å². The fourth-order valence-electron chi connectivity index (χ4n) is 0.976. The molecule has 0 saturated carbocycles. The van der Waals surface area contributed by atoms with Crippen LogP contribution < -0.4 is 4.73 Å². The van der Waals surface area contributed by atoms with E-state index in [1.807, 2.05) is 6.92 Å². The summed E-state index contributed by atoms with van der Waals surface area (Å²) >= 11 is 0. The predicted molar refractivity (Wildman–Crippen MR) is 37.9 cm³/mol. The number of aromatic nitrogens is 1. The molecule has 0 saturated heterocycles. The van der Waals surface area contributed by atoms with Crippen molar-refractivity contribution < 1.29 is 9.94 Å². The van der Waals surface area contributed by atoms with Crippen molar-refractivity contribution in [2.75, 3.05) is 0 Å². The molecule has 0 unspecified atom stereocenters. The Morgan fingerprint density at radius 1 is 1.50 bits per heavy atom. The molecule has 54 valence electrons. The van der Waals surface area contributed by atoms with E-state index in [2.05, 4.69) is 13.0 Å². The third-order valence-corrected chi connectivity index (χ3v) is 1.46. The fraction of sp³-hybridized carbons (Fsp3) is 0.375. The van der Waals surface area contributed by atoms with Crippen LogP contribution in [0.15, 0.2) is 18.5 Å². The maximum atomic E-state index is 9.04. The van der Waals surface area contributed by atoms with E-state index in [0.717, 1.165) is 22.3 Å². The SMILES string of the molecule is CCc1cc(C)c[n+](O)c1. The Kier molecular flexibility index (Phi) is 1.90. The number of hydrogen-bond acceptors (Lipinski definition) is 1. The first kappa shape index (κ1) is 7.06. The van der Waals surface area contributed by atoms with E-state index in [1.165, 1.54) is 0 Å². The van der Waals surface area contributed by atoms with Gasteiger partial charge in [0.2, 0.25) is 12.4 Å². The van der Waals surface area contributed by atoms with Crippen LogP contribution >= 0.6 is 0 Å². The van der Waals surface area contributed by atoms with Crippen LogP contribution in [0.2, 0.25) is 0 Å². The first-order chi connectivity index (χ1) is 4.72. The number of hydrogen-bond donors (Lipinski definition) is 1. The second kappa shape index (κ2) is 2.69. The van der Waals surface area contributed by atoms with Gasteiger partial charge in [0.15, 0.2) is 0 Å². The highest BCUT2D eigenvalue weighted by Gasteiger charge is 2.00. The molecule has 0 amide bonds. The van der Waals surface area contributed by atoms with Crippen LogP contribution in [0.3, 0.4) is 0 Å². The average molecular weight is 138 g/mol. The van der Waals surface area contributed by atoms with Gasteiger partial charge in [0, 0.05) is 15.9 Å². The van der Waals surface area contributed by atoms with Crippen LogP contribution in [-0.2, 0) is 6.42 Å². The second-order valence-corrected chi connectivity index (χ2v) is 2.46. The Labute approximate surface area is 60.7 Å². The van der Waals surface area contributed by atoms with Crippen molar-refractivity contribution >= 4 is 0 Å². The maximum absolute atomic E-state index is 9.04. The van der Waals surface area contributed by atoms with Gasteiger partial charge < -0.3 is 0 Å². The highest BCUT2D eigenvalue weighted by atomic mass is 16.5. The molecule has 1 heterocycles. The van der Waals surface area contributed by atoms with Crippen molar-refractivity contribution in [3.8, 4) is 0 Å². The molecule has 1 N–H and O–H groups in total. The molecule has 0 spiro atoms. The highest BCUT2D eigenvalue weighted by Crippen LogP contribution is 1.98. The molecule has 0 aliphatic rings. The normalized spacial score (nSPS) is 9.80. The molecular weight excluding hydrogens is 126 g/mol. The molecule has 0 radical (unpaired) electrons. The van der Waals surface area contributed by atoms with E-state index in [-0.39, 0.29) is 0 Å². The predicted octanol–water partition coefficient (Wildman–Crippen LogP) is 1.08. The van der Waals surface area contributed by atoms with Crippen molar-refractivity contribution in [2.24, 2.45) is 0 Å². The van der Waals surface area contributed by atoms with Gasteiger partial charge in [-0.05, 0) is 19.4 Å². The minimum absolute atomic E-state index is 0.961. The van der Waals surface area contributed by atoms with Crippen LogP contribution in [0.25, 0.3) is 0 Å². The fourth-order valence-corrected chi connectivity index (χ4v) is 0.976. The van der Waals surface area contributed by atoms with E-state index in [1.54, 1.807) is 12.4 Å². The Morgan fingerprint density at radius 3 is 2.70 bits per heavy atom. The Morgan fingerprint density at radius 2 is 2.20 bits per heavy atom. The minimum atomic E-state index is 0.961. The molecular formula is C8H12NO+. The largest absolute Gasteiger partial charge is 0.285 e. The first-order valence-corrected chi connectivity index (χ1v) is 3.43. The van der Waals surface area contributed by atoms with Crippen molar-refractivity contribution in [3.63, 3.8) is 0 Å². The van der Waals surface area contributed by atoms with Gasteiger partial charge in [-0.3, -0.25) is 5.21 Å². The molecule has 1 aromatic rings. The summed E-state index contributed by atoms with van der Waals surface area (Å²) < 4.78 is 1.11. The van der Waals surface area contributed by atoms with E-state index in [4.69, 9.17) is 5.21 Å². The quantitative estimate of drug-likeness (QED) is 0.455. The molecule has 10 heavy (non-hydrogen) atoms. The van der Waals surface area contributed by atoms with Gasteiger partial charge in [-0.15, -0.1) is 0 Å². The third-order valence-electron chi connectivity index (χ3n) is 1.46. The van der Waals surface area contributed by atoms with Crippen LogP contribution in [0.4, 0.5) is 0 Å². The summed E-state index contributed by atoms with van der Waals surface area (Å²) in [5, 5.41) is 9.04. The highest BCUT2D eigenvalue weighted by molar-refractivity contribution is 5.12. The molecule has 2 nitrogen and oxygen atoms in total. The molecule has 0 aromatic carbocycles. The third kappa shape index (κ3) is 1.47. The zero-order valence-corrected chi connectivity index (χ0v) is 6.33. The van der Waals surface area contributed by atoms with Gasteiger partial charge in [-0.25, -0.2) is 0 Å². The number of rotatable bonds is 1. The van der Waals surface area contributed by atoms with Gasteiger partial charge in [-0.1, -0.05) is 6.92 Å². The van der Waals surface area contributed by atoms with Crippen LogP contribution in [0, 0.1) is 6.92 Å². The van der Waals surface area contributed by atoms with Gasteiger partial charge in [0.05, 0.1) is 0 Å². The zero-order valence-electron chi connectivity index (χ0n) is 6.33. The lowest BCUT2D eigenvalue weighted by Crippen LogP contribution is -2.29. The summed E-state index contributed by atoms with van der Waals surface area (Å²) in [6.45, 7) is 4.03. The van der Waals surface area contributed by atoms with Gasteiger partial charge in [-0.2, -0.15) is 0 Å². The molecule has 0 fully saturated rings. The molecule has 0 atom stereocenters. The van der Waals surface area contributed by atoms with Crippen LogP contribution in [0.1, 0.15) is 18.1 Å². The lowest BCUT2D eigenvalue weighted by molar-refractivity contribution is -0.905. The van der Waals surface area contributed by atoms with Crippen molar-refractivity contribution in [1.29, 1.82) is 0 Å². The lowest BCUT2D eigenvalue weighted by atomic mass is 10.2. The molecule has 1 aromatic heterocycles. The standard InChI is InChI=1S/C8H12NO/c1-3-8-4-7(2)5-9(10)6-8/h4-6,10H,3H2,1-2H3/q+1. The van der Waals surface area contributed by atoms with Crippen molar-refractivity contribution in [1.82, 2.24) is 0 Å². The minimum Gasteiger partial charge on any atom is -0.285 e. The average Bonchev–Trinajstić information content (AvgIpc) is 1.85. The Hall–Kier alpha value is -1.05. The molecule has 0 aliphatic carbocycles. The molecule has 0 aliphatic heterocycles. The summed E-state index contributed by atoms with van der Waals surface area (Å²) in [6, 6.07) is 2.06. The van der Waals surface area contributed by atoms with E-state index in [0.29, 0.717) is 0 Å². The monoisotopic (exact) mass is 138 g/mol. The summed E-state index contributed by atoms with van der Waals surface area (Å²) in [6.07, 6.45) is 4.36. The van der Waals surface area contributed by atoms with Gasteiger partial charge in [0.1, 0.15) is 0 Å². The van der Waals surface area contributed by atoms with Crippen LogP contribution in [0.5, 0.6) is 0 Å². The van der Waals surface area contributed by atoms with Crippen molar-refractivity contribution in [3.05, 3.63) is 29.6 Å².